The zero-order valence-electron chi connectivity index (χ0n) is 6.47. The van der Waals surface area contributed by atoms with Crippen molar-refractivity contribution in [1.82, 2.24) is 8.75 Å². The van der Waals surface area contributed by atoms with Gasteiger partial charge in [0, 0.05) is 0 Å². The second-order valence-corrected chi connectivity index (χ2v) is 5.37. The number of nitrogens with zero attached hydrogens (tertiary/aromatic N) is 2. The first-order chi connectivity index (χ1) is 6.79. The molecule has 0 spiro atoms. The summed E-state index contributed by atoms with van der Waals surface area (Å²) in [4.78, 5) is 0. The Morgan fingerprint density at radius 3 is 1.93 bits per heavy atom. The van der Waals surface area contributed by atoms with Crippen LogP contribution in [0.5, 0.6) is 0 Å². The van der Waals surface area contributed by atoms with Crippen molar-refractivity contribution in [3.8, 4) is 0 Å². The molecule has 0 amide bonds. The summed E-state index contributed by atoms with van der Waals surface area (Å²) in [5, 5.41) is 0. The van der Waals surface area contributed by atoms with Gasteiger partial charge in [0.25, 0.3) is 0 Å². The van der Waals surface area contributed by atoms with Crippen LogP contribution in [0.25, 0.3) is 11.0 Å². The van der Waals surface area contributed by atoms with E-state index in [2.05, 4.69) is 50.1 Å². The molecule has 0 saturated heterocycles. The van der Waals surface area contributed by atoms with Gasteiger partial charge in [-0.3, -0.25) is 0 Å². The average Bonchev–Trinajstić information content (AvgIpc) is 2.82. The van der Waals surface area contributed by atoms with E-state index in [1.807, 2.05) is 0 Å². The maximum Gasteiger partial charge on any atom is 0.122 e. The second kappa shape index (κ2) is 3.22. The molecule has 0 aliphatic carbocycles. The normalized spacial score (nSPS) is 13.9. The molecule has 1 aliphatic rings. The summed E-state index contributed by atoms with van der Waals surface area (Å²) in [6.07, 6.45) is 0. The Balaban J connectivity index is 2.51. The lowest BCUT2D eigenvalue weighted by atomic mass is 10.2. The molecule has 8 heteroatoms. The van der Waals surface area contributed by atoms with E-state index in [0.717, 1.165) is 31.4 Å². The van der Waals surface area contributed by atoms with Gasteiger partial charge in [0.05, 0.1) is 44.2 Å². The van der Waals surface area contributed by atoms with E-state index in [1.165, 1.54) is 23.9 Å². The van der Waals surface area contributed by atoms with Crippen molar-refractivity contribution in [3.63, 3.8) is 0 Å². The standard InChI is InChI=1S/C6H2Br2N4S2/c7-1-3-5(11-13-9-3)2(8)6-4(1)10-14-12-6/h9,11H. The van der Waals surface area contributed by atoms with Crippen LogP contribution in [-0.2, 0) is 0 Å². The Morgan fingerprint density at radius 1 is 0.929 bits per heavy atom. The fourth-order valence-electron chi connectivity index (χ4n) is 1.25. The third kappa shape index (κ3) is 1.11. The van der Waals surface area contributed by atoms with Crippen molar-refractivity contribution in [2.45, 2.75) is 0 Å². The van der Waals surface area contributed by atoms with Crippen LogP contribution in [0, 0.1) is 0 Å². The molecule has 0 bridgehead atoms. The van der Waals surface area contributed by atoms with E-state index in [4.69, 9.17) is 0 Å². The van der Waals surface area contributed by atoms with Crippen molar-refractivity contribution < 1.29 is 0 Å². The average molecular weight is 354 g/mol. The van der Waals surface area contributed by atoms with E-state index >= 15 is 0 Å². The van der Waals surface area contributed by atoms with Crippen molar-refractivity contribution in [2.75, 3.05) is 9.44 Å². The minimum atomic E-state index is 0.887. The highest BCUT2D eigenvalue weighted by Crippen LogP contribution is 2.48. The first kappa shape index (κ1) is 9.20. The van der Waals surface area contributed by atoms with Gasteiger partial charge in [-0.25, -0.2) is 0 Å². The largest absolute Gasteiger partial charge is 0.309 e. The quantitative estimate of drug-likeness (QED) is 0.708. The van der Waals surface area contributed by atoms with E-state index in [-0.39, 0.29) is 0 Å². The number of hydrogen-bond acceptors (Lipinski definition) is 6. The fraction of sp³-hybridized carbons (Fsp3) is 0. The molecule has 14 heavy (non-hydrogen) atoms. The van der Waals surface area contributed by atoms with Gasteiger partial charge < -0.3 is 9.44 Å². The highest BCUT2D eigenvalue weighted by molar-refractivity contribution is 9.11. The summed E-state index contributed by atoms with van der Waals surface area (Å²) < 4.78 is 16.7. The summed E-state index contributed by atoms with van der Waals surface area (Å²) in [7, 11) is 0. The number of rotatable bonds is 0. The molecular formula is C6H2Br2N4S2. The molecule has 2 heterocycles. The first-order valence-electron chi connectivity index (χ1n) is 3.60. The molecule has 0 unspecified atom stereocenters. The topological polar surface area (TPSA) is 49.8 Å². The lowest BCUT2D eigenvalue weighted by molar-refractivity contribution is 1.58. The number of nitrogens with one attached hydrogen (secondary N) is 2. The molecule has 3 rings (SSSR count). The van der Waals surface area contributed by atoms with Gasteiger partial charge in [-0.05, 0) is 31.9 Å². The van der Waals surface area contributed by atoms with Crippen LogP contribution in [0.4, 0.5) is 11.4 Å². The molecule has 72 valence electrons. The Hall–Kier alpha value is -0.0500. The van der Waals surface area contributed by atoms with Crippen molar-refractivity contribution in [3.05, 3.63) is 8.95 Å². The van der Waals surface area contributed by atoms with Gasteiger partial charge in [-0.2, -0.15) is 8.75 Å². The smallest absolute Gasteiger partial charge is 0.122 e. The maximum absolute atomic E-state index is 4.23. The van der Waals surface area contributed by atoms with Crippen LogP contribution in [0.1, 0.15) is 0 Å². The number of anilines is 2. The highest BCUT2D eigenvalue weighted by atomic mass is 79.9. The van der Waals surface area contributed by atoms with Crippen LogP contribution < -0.4 is 9.44 Å². The summed E-state index contributed by atoms with van der Waals surface area (Å²) >= 11 is 9.67. The maximum atomic E-state index is 4.23. The van der Waals surface area contributed by atoms with Crippen LogP contribution in [-0.4, -0.2) is 8.75 Å². The molecule has 2 N–H and O–H groups in total. The minimum Gasteiger partial charge on any atom is -0.309 e. The van der Waals surface area contributed by atoms with Gasteiger partial charge >= 0.3 is 0 Å². The van der Waals surface area contributed by atoms with E-state index in [0.29, 0.717) is 0 Å². The van der Waals surface area contributed by atoms with Gasteiger partial charge in [-0.1, -0.05) is 0 Å². The predicted octanol–water partition coefficient (Wildman–Crippen LogP) is 3.62. The Labute approximate surface area is 105 Å². The van der Waals surface area contributed by atoms with Crippen LogP contribution in [0.15, 0.2) is 8.95 Å². The van der Waals surface area contributed by atoms with Crippen LogP contribution >= 0.6 is 55.7 Å². The van der Waals surface area contributed by atoms with Crippen LogP contribution in [0.3, 0.4) is 0 Å². The third-order valence-electron chi connectivity index (χ3n) is 1.90. The summed E-state index contributed by atoms with van der Waals surface area (Å²) in [6.45, 7) is 0. The van der Waals surface area contributed by atoms with Crippen molar-refractivity contribution in [2.24, 2.45) is 0 Å². The van der Waals surface area contributed by atoms with E-state index < -0.39 is 0 Å². The fourth-order valence-corrected chi connectivity index (χ4v) is 4.12. The molecule has 2 aromatic rings. The zero-order valence-corrected chi connectivity index (χ0v) is 11.3. The Bertz CT molecular complexity index is 482. The molecule has 0 saturated carbocycles. The lowest BCUT2D eigenvalue weighted by Crippen LogP contribution is -1.84. The van der Waals surface area contributed by atoms with Crippen molar-refractivity contribution in [1.29, 1.82) is 0 Å². The monoisotopic (exact) mass is 352 g/mol. The van der Waals surface area contributed by atoms with E-state index in [9.17, 15) is 0 Å². The number of hydrogen-bond donors (Lipinski definition) is 2. The molecular weight excluding hydrogens is 352 g/mol. The summed E-state index contributed by atoms with van der Waals surface area (Å²) in [5.41, 5.74) is 3.80. The molecule has 4 nitrogen and oxygen atoms in total. The van der Waals surface area contributed by atoms with Crippen LogP contribution in [0.2, 0.25) is 0 Å². The number of halogens is 2. The molecule has 0 atom stereocenters. The van der Waals surface area contributed by atoms with Gasteiger partial charge in [-0.15, -0.1) is 0 Å². The molecule has 0 radical (unpaired) electrons. The summed E-state index contributed by atoms with van der Waals surface area (Å²) in [5.74, 6) is 0. The summed E-state index contributed by atoms with van der Waals surface area (Å²) in [6, 6.07) is 0. The van der Waals surface area contributed by atoms with Crippen molar-refractivity contribution >= 4 is 78.1 Å². The molecule has 1 aromatic carbocycles. The Kier molecular flexibility index (Phi) is 2.12. The number of benzene rings is 1. The number of aromatic nitrogens is 2. The molecule has 1 aromatic heterocycles. The Morgan fingerprint density at radius 2 is 1.43 bits per heavy atom. The van der Waals surface area contributed by atoms with Gasteiger partial charge in [0.15, 0.2) is 0 Å². The molecule has 1 aliphatic heterocycles. The highest BCUT2D eigenvalue weighted by Gasteiger charge is 2.23. The zero-order chi connectivity index (χ0) is 9.71. The van der Waals surface area contributed by atoms with Gasteiger partial charge in [0.2, 0.25) is 0 Å². The third-order valence-corrected chi connectivity index (χ3v) is 4.58. The molecule has 0 fully saturated rings. The minimum absolute atomic E-state index is 0.887. The first-order valence-corrected chi connectivity index (χ1v) is 6.73. The lowest BCUT2D eigenvalue weighted by Gasteiger charge is -2.03. The predicted molar refractivity (Wildman–Crippen MR) is 67.7 cm³/mol. The van der Waals surface area contributed by atoms with E-state index in [1.54, 1.807) is 0 Å². The SMILES string of the molecule is Brc1c2c(c(Br)c3nsnc13)NSN2. The van der Waals surface area contributed by atoms with Gasteiger partial charge in [0.1, 0.15) is 11.0 Å². The number of fused-ring (bicyclic) bond motifs is 2. The second-order valence-electron chi connectivity index (χ2n) is 2.65.